The molecule has 0 spiro atoms. The van der Waals surface area contributed by atoms with Gasteiger partial charge >= 0.3 is 0 Å². The van der Waals surface area contributed by atoms with Crippen LogP contribution >= 0.6 is 23.4 Å². The lowest BCUT2D eigenvalue weighted by Gasteiger charge is -2.30. The minimum absolute atomic E-state index is 0.0584. The first-order valence-corrected chi connectivity index (χ1v) is 12.3. The van der Waals surface area contributed by atoms with Crippen molar-refractivity contribution in [3.63, 3.8) is 0 Å². The first-order chi connectivity index (χ1) is 12.9. The Hall–Kier alpha value is -1.25. The van der Waals surface area contributed by atoms with E-state index in [2.05, 4.69) is 4.98 Å². The molecule has 0 saturated carbocycles. The standard InChI is InChI=1S/C18H21ClN2O4S2/c19-13-1-2-16-15(9-13)20-18(25-16)12-3-6-21(7-4-12)17(22)10-26-14-5-8-27(23,24)11-14/h1-2,9,12,14H,3-8,10-11H2. The van der Waals surface area contributed by atoms with E-state index in [4.69, 9.17) is 16.0 Å². The number of carbonyl (C=O) groups is 1. The second-order valence-corrected chi connectivity index (χ2v) is 11.1. The zero-order valence-corrected chi connectivity index (χ0v) is 17.2. The highest BCUT2D eigenvalue weighted by Crippen LogP contribution is 2.31. The molecule has 1 unspecified atom stereocenters. The number of benzene rings is 1. The van der Waals surface area contributed by atoms with Crippen LogP contribution in [-0.4, -0.2) is 59.8 Å². The van der Waals surface area contributed by atoms with Gasteiger partial charge in [0, 0.05) is 29.3 Å². The molecule has 6 nitrogen and oxygen atoms in total. The highest BCUT2D eigenvalue weighted by atomic mass is 35.5. The molecule has 0 aliphatic carbocycles. The van der Waals surface area contributed by atoms with Gasteiger partial charge in [-0.05, 0) is 37.5 Å². The number of piperidine rings is 1. The average molecular weight is 429 g/mol. The molecule has 0 radical (unpaired) electrons. The number of amides is 1. The number of likely N-dealkylation sites (tertiary alicyclic amines) is 1. The Balaban J connectivity index is 1.29. The number of carbonyl (C=O) groups excluding carboxylic acids is 1. The Bertz CT molecular complexity index is 951. The van der Waals surface area contributed by atoms with Gasteiger partial charge < -0.3 is 9.32 Å². The molecule has 2 saturated heterocycles. The SMILES string of the molecule is O=C(CSC1CCS(=O)(=O)C1)N1CCC(c2nc3cc(Cl)ccc3o2)CC1. The zero-order chi connectivity index (χ0) is 19.0. The minimum atomic E-state index is -2.89. The molecule has 1 aromatic heterocycles. The molecule has 9 heteroatoms. The fourth-order valence-electron chi connectivity index (χ4n) is 3.64. The minimum Gasteiger partial charge on any atom is -0.440 e. The second kappa shape index (κ2) is 7.64. The molecule has 1 aromatic carbocycles. The molecular formula is C18H21ClN2O4S2. The number of fused-ring (bicyclic) bond motifs is 1. The molecule has 3 heterocycles. The molecule has 1 amide bonds. The van der Waals surface area contributed by atoms with E-state index < -0.39 is 9.84 Å². The van der Waals surface area contributed by atoms with Gasteiger partial charge in [-0.15, -0.1) is 11.8 Å². The van der Waals surface area contributed by atoms with Crippen molar-refractivity contribution in [1.29, 1.82) is 0 Å². The van der Waals surface area contributed by atoms with Crippen molar-refractivity contribution in [2.75, 3.05) is 30.3 Å². The summed E-state index contributed by atoms with van der Waals surface area (Å²) in [5.74, 6) is 1.81. The van der Waals surface area contributed by atoms with Crippen LogP contribution < -0.4 is 0 Å². The molecular weight excluding hydrogens is 408 g/mol. The second-order valence-electron chi connectivity index (χ2n) is 7.16. The van der Waals surface area contributed by atoms with Crippen molar-refractivity contribution in [1.82, 2.24) is 9.88 Å². The van der Waals surface area contributed by atoms with E-state index in [1.807, 2.05) is 11.0 Å². The maximum absolute atomic E-state index is 12.4. The maximum Gasteiger partial charge on any atom is 0.232 e. The number of nitrogens with zero attached hydrogens (tertiary/aromatic N) is 2. The summed E-state index contributed by atoms with van der Waals surface area (Å²) in [7, 11) is -2.89. The van der Waals surface area contributed by atoms with Crippen LogP contribution in [0.3, 0.4) is 0 Å². The molecule has 4 rings (SSSR count). The van der Waals surface area contributed by atoms with Gasteiger partial charge in [0.25, 0.3) is 0 Å². The number of hydrogen-bond acceptors (Lipinski definition) is 6. The maximum atomic E-state index is 12.4. The summed E-state index contributed by atoms with van der Waals surface area (Å²) in [6.45, 7) is 1.35. The highest BCUT2D eigenvalue weighted by molar-refractivity contribution is 8.02. The van der Waals surface area contributed by atoms with Gasteiger partial charge in [0.2, 0.25) is 5.91 Å². The van der Waals surface area contributed by atoms with Crippen LogP contribution in [0.1, 0.15) is 31.1 Å². The van der Waals surface area contributed by atoms with Gasteiger partial charge in [-0.1, -0.05) is 11.6 Å². The molecule has 2 aromatic rings. The Morgan fingerprint density at radius 1 is 1.30 bits per heavy atom. The van der Waals surface area contributed by atoms with E-state index in [1.54, 1.807) is 12.1 Å². The Morgan fingerprint density at radius 2 is 2.07 bits per heavy atom. The molecule has 1 atom stereocenters. The van der Waals surface area contributed by atoms with Crippen molar-refractivity contribution < 1.29 is 17.6 Å². The first-order valence-electron chi connectivity index (χ1n) is 9.05. The fourth-order valence-corrected chi connectivity index (χ4v) is 7.35. The van der Waals surface area contributed by atoms with Crippen LogP contribution in [0.2, 0.25) is 5.02 Å². The first kappa shape index (κ1) is 19.1. The Kier molecular flexibility index (Phi) is 5.40. The fraction of sp³-hybridized carbons (Fsp3) is 0.556. The van der Waals surface area contributed by atoms with Gasteiger partial charge in [0.1, 0.15) is 5.52 Å². The van der Waals surface area contributed by atoms with Crippen molar-refractivity contribution in [3.8, 4) is 0 Å². The largest absolute Gasteiger partial charge is 0.440 e. The number of aromatic nitrogens is 1. The molecule has 2 aliphatic heterocycles. The van der Waals surface area contributed by atoms with Gasteiger partial charge in [0.05, 0.1) is 17.3 Å². The van der Waals surface area contributed by atoms with Crippen LogP contribution in [-0.2, 0) is 14.6 Å². The number of oxazole rings is 1. The lowest BCUT2D eigenvalue weighted by atomic mass is 9.97. The third kappa shape index (κ3) is 4.43. The van der Waals surface area contributed by atoms with Gasteiger partial charge in [-0.2, -0.15) is 0 Å². The molecule has 0 bridgehead atoms. The van der Waals surface area contributed by atoms with E-state index in [0.717, 1.165) is 23.9 Å². The highest BCUT2D eigenvalue weighted by Gasteiger charge is 2.30. The van der Waals surface area contributed by atoms with Crippen molar-refractivity contribution >= 4 is 50.2 Å². The van der Waals surface area contributed by atoms with Crippen LogP contribution in [0.4, 0.5) is 0 Å². The predicted octanol–water partition coefficient (Wildman–Crippen LogP) is 3.11. The van der Waals surface area contributed by atoms with Crippen molar-refractivity contribution in [3.05, 3.63) is 29.1 Å². The monoisotopic (exact) mass is 428 g/mol. The van der Waals surface area contributed by atoms with E-state index in [0.29, 0.717) is 36.2 Å². The van der Waals surface area contributed by atoms with Gasteiger partial charge in [-0.3, -0.25) is 4.79 Å². The van der Waals surface area contributed by atoms with E-state index in [9.17, 15) is 13.2 Å². The molecule has 2 fully saturated rings. The number of thioether (sulfide) groups is 1. The molecule has 0 N–H and O–H groups in total. The van der Waals surface area contributed by atoms with E-state index >= 15 is 0 Å². The lowest BCUT2D eigenvalue weighted by Crippen LogP contribution is -2.39. The van der Waals surface area contributed by atoms with Crippen LogP contribution in [0.5, 0.6) is 0 Å². The smallest absolute Gasteiger partial charge is 0.232 e. The molecule has 146 valence electrons. The van der Waals surface area contributed by atoms with Gasteiger partial charge in [0.15, 0.2) is 21.3 Å². The molecule has 27 heavy (non-hydrogen) atoms. The lowest BCUT2D eigenvalue weighted by molar-refractivity contribution is -0.129. The summed E-state index contributed by atoms with van der Waals surface area (Å²) in [5, 5.41) is 0.693. The Labute approximate surface area is 167 Å². The third-order valence-corrected chi connectivity index (χ3v) is 8.70. The summed E-state index contributed by atoms with van der Waals surface area (Å²) < 4.78 is 28.9. The number of halogens is 1. The summed E-state index contributed by atoms with van der Waals surface area (Å²) in [6.07, 6.45) is 2.29. The summed E-state index contributed by atoms with van der Waals surface area (Å²) in [5.41, 5.74) is 1.50. The number of sulfone groups is 1. The summed E-state index contributed by atoms with van der Waals surface area (Å²) in [4.78, 5) is 18.9. The topological polar surface area (TPSA) is 80.5 Å². The van der Waals surface area contributed by atoms with E-state index in [1.165, 1.54) is 11.8 Å². The van der Waals surface area contributed by atoms with Crippen LogP contribution in [0, 0.1) is 0 Å². The quantitative estimate of drug-likeness (QED) is 0.744. The van der Waals surface area contributed by atoms with Crippen molar-refractivity contribution in [2.45, 2.75) is 30.4 Å². The van der Waals surface area contributed by atoms with Crippen LogP contribution in [0.25, 0.3) is 11.1 Å². The van der Waals surface area contributed by atoms with Crippen molar-refractivity contribution in [2.24, 2.45) is 0 Å². The molecule has 2 aliphatic rings. The predicted molar refractivity (Wildman–Crippen MR) is 107 cm³/mol. The average Bonchev–Trinajstić information content (AvgIpc) is 3.22. The third-order valence-electron chi connectivity index (χ3n) is 5.20. The normalized spacial score (nSPS) is 23.1. The zero-order valence-electron chi connectivity index (χ0n) is 14.8. The van der Waals surface area contributed by atoms with Crippen LogP contribution in [0.15, 0.2) is 22.6 Å². The van der Waals surface area contributed by atoms with Gasteiger partial charge in [-0.25, -0.2) is 13.4 Å². The summed E-state index contributed by atoms with van der Waals surface area (Å²) in [6, 6.07) is 5.41. The van der Waals surface area contributed by atoms with E-state index in [-0.39, 0.29) is 28.6 Å². The summed E-state index contributed by atoms with van der Waals surface area (Å²) >= 11 is 7.47. The number of rotatable bonds is 4. The Morgan fingerprint density at radius 3 is 2.78 bits per heavy atom. The number of hydrogen-bond donors (Lipinski definition) is 0.